The van der Waals surface area contributed by atoms with E-state index in [1.807, 2.05) is 6.07 Å². The molecule has 1 aliphatic carbocycles. The van der Waals surface area contributed by atoms with Crippen molar-refractivity contribution in [3.05, 3.63) is 49.9 Å². The predicted octanol–water partition coefficient (Wildman–Crippen LogP) is 3.52. The van der Waals surface area contributed by atoms with Crippen LogP contribution in [0.5, 0.6) is 0 Å². The van der Waals surface area contributed by atoms with Gasteiger partial charge in [-0.05, 0) is 59.3 Å². The molecule has 0 aromatic carbocycles. The zero-order chi connectivity index (χ0) is 18.1. The molecule has 0 bridgehead atoms. The van der Waals surface area contributed by atoms with Gasteiger partial charge in [-0.3, -0.25) is 14.2 Å². The summed E-state index contributed by atoms with van der Waals surface area (Å²) in [7, 11) is 0. The largest absolute Gasteiger partial charge is 0.311 e. The van der Waals surface area contributed by atoms with Crippen LogP contribution in [0.15, 0.2) is 33.9 Å². The maximum absolute atomic E-state index is 12.9. The van der Waals surface area contributed by atoms with Gasteiger partial charge in [0.1, 0.15) is 10.6 Å². The van der Waals surface area contributed by atoms with Crippen molar-refractivity contribution in [2.45, 2.75) is 38.6 Å². The Morgan fingerprint density at radius 3 is 2.92 bits per heavy atom. The number of fused-ring (bicyclic) bond motifs is 3. The second-order valence-corrected chi connectivity index (χ2v) is 8.29. The lowest BCUT2D eigenvalue weighted by Crippen LogP contribution is -2.24. The number of thiophene rings is 1. The first-order chi connectivity index (χ1) is 12.6. The molecule has 3 aromatic rings. The Kier molecular flexibility index (Phi) is 4.86. The third-order valence-corrected chi connectivity index (χ3v) is 6.19. The van der Waals surface area contributed by atoms with Crippen LogP contribution in [-0.4, -0.2) is 20.4 Å². The minimum atomic E-state index is -0.181. The van der Waals surface area contributed by atoms with Gasteiger partial charge in [0.25, 0.3) is 5.56 Å². The molecular formula is C18H17BrN4O2S. The van der Waals surface area contributed by atoms with Gasteiger partial charge in [-0.2, -0.15) is 0 Å². The molecule has 0 spiro atoms. The summed E-state index contributed by atoms with van der Waals surface area (Å²) in [5.41, 5.74) is 1.13. The van der Waals surface area contributed by atoms with Crippen LogP contribution >= 0.6 is 27.3 Å². The molecular weight excluding hydrogens is 416 g/mol. The number of anilines is 1. The van der Waals surface area contributed by atoms with E-state index in [1.165, 1.54) is 16.9 Å². The Balaban J connectivity index is 1.50. The highest BCUT2D eigenvalue weighted by molar-refractivity contribution is 9.10. The molecule has 0 fully saturated rings. The molecule has 0 aliphatic heterocycles. The van der Waals surface area contributed by atoms with Crippen molar-refractivity contribution < 1.29 is 4.79 Å². The Bertz CT molecular complexity index is 1030. The first-order valence-corrected chi connectivity index (χ1v) is 10.1. The van der Waals surface area contributed by atoms with E-state index < -0.39 is 0 Å². The predicted molar refractivity (Wildman–Crippen MR) is 106 cm³/mol. The van der Waals surface area contributed by atoms with Crippen molar-refractivity contribution >= 4 is 49.2 Å². The number of aryl methyl sites for hydroxylation is 3. The van der Waals surface area contributed by atoms with Gasteiger partial charge in [-0.1, -0.05) is 0 Å². The van der Waals surface area contributed by atoms with Crippen LogP contribution in [0.25, 0.3) is 10.2 Å². The monoisotopic (exact) mass is 432 g/mol. The number of carbonyl (C=O) groups excluding carboxylic acids is 1. The molecule has 1 aliphatic rings. The quantitative estimate of drug-likeness (QED) is 0.683. The van der Waals surface area contributed by atoms with Crippen LogP contribution in [0.4, 0.5) is 5.82 Å². The van der Waals surface area contributed by atoms with E-state index in [0.717, 1.165) is 34.0 Å². The smallest absolute Gasteiger partial charge is 0.262 e. The van der Waals surface area contributed by atoms with Crippen LogP contribution in [-0.2, 0) is 24.2 Å². The summed E-state index contributed by atoms with van der Waals surface area (Å²) < 4.78 is 2.39. The van der Waals surface area contributed by atoms with E-state index in [9.17, 15) is 9.59 Å². The van der Waals surface area contributed by atoms with Crippen LogP contribution < -0.4 is 10.9 Å². The zero-order valence-corrected chi connectivity index (χ0v) is 16.4. The molecule has 0 radical (unpaired) electrons. The van der Waals surface area contributed by atoms with Gasteiger partial charge < -0.3 is 5.32 Å². The number of aromatic nitrogens is 3. The van der Waals surface area contributed by atoms with Crippen LogP contribution in [0.2, 0.25) is 0 Å². The number of hydrogen-bond donors (Lipinski definition) is 1. The molecule has 4 rings (SSSR count). The Morgan fingerprint density at radius 2 is 2.12 bits per heavy atom. The van der Waals surface area contributed by atoms with Crippen molar-refractivity contribution in [3.8, 4) is 0 Å². The van der Waals surface area contributed by atoms with Crippen LogP contribution in [0.3, 0.4) is 0 Å². The molecule has 8 heteroatoms. The van der Waals surface area contributed by atoms with Gasteiger partial charge in [-0.15, -0.1) is 11.3 Å². The van der Waals surface area contributed by atoms with Crippen molar-refractivity contribution in [2.75, 3.05) is 5.32 Å². The van der Waals surface area contributed by atoms with E-state index in [-0.39, 0.29) is 17.9 Å². The Labute approximate surface area is 162 Å². The molecule has 0 saturated heterocycles. The zero-order valence-electron chi connectivity index (χ0n) is 14.0. The van der Waals surface area contributed by atoms with E-state index in [0.29, 0.717) is 12.4 Å². The second kappa shape index (κ2) is 7.28. The fourth-order valence-electron chi connectivity index (χ4n) is 3.22. The molecule has 0 unspecified atom stereocenters. The summed E-state index contributed by atoms with van der Waals surface area (Å²) in [6, 6.07) is 3.53. The van der Waals surface area contributed by atoms with Crippen molar-refractivity contribution in [3.63, 3.8) is 0 Å². The highest BCUT2D eigenvalue weighted by atomic mass is 79.9. The number of nitrogens with zero attached hydrogens (tertiary/aromatic N) is 3. The number of hydrogen-bond acceptors (Lipinski definition) is 5. The Hall–Kier alpha value is -2.06. The summed E-state index contributed by atoms with van der Waals surface area (Å²) in [5.74, 6) is 0.310. The van der Waals surface area contributed by atoms with Crippen LogP contribution in [0, 0.1) is 0 Å². The first-order valence-electron chi connectivity index (χ1n) is 8.53. The summed E-state index contributed by atoms with van der Waals surface area (Å²) in [5, 5.41) is 3.49. The fourth-order valence-corrected chi connectivity index (χ4v) is 4.67. The van der Waals surface area contributed by atoms with E-state index >= 15 is 0 Å². The van der Waals surface area contributed by atoms with Crippen LogP contribution in [0.1, 0.15) is 29.7 Å². The van der Waals surface area contributed by atoms with Crippen molar-refractivity contribution in [1.82, 2.24) is 14.5 Å². The summed E-state index contributed by atoms with van der Waals surface area (Å²) >= 11 is 4.94. The average molecular weight is 433 g/mol. The third-order valence-electron chi connectivity index (χ3n) is 4.52. The summed E-state index contributed by atoms with van der Waals surface area (Å²) in [6.07, 6.45) is 7.66. The molecule has 1 N–H and O–H groups in total. The number of rotatable bonds is 4. The maximum atomic E-state index is 12.9. The molecule has 3 heterocycles. The highest BCUT2D eigenvalue weighted by Gasteiger charge is 2.20. The van der Waals surface area contributed by atoms with Gasteiger partial charge in [0.05, 0.1) is 11.7 Å². The highest BCUT2D eigenvalue weighted by Crippen LogP contribution is 2.33. The summed E-state index contributed by atoms with van der Waals surface area (Å²) in [4.78, 5) is 35.7. The van der Waals surface area contributed by atoms with Gasteiger partial charge in [0.2, 0.25) is 5.91 Å². The van der Waals surface area contributed by atoms with E-state index in [2.05, 4.69) is 31.2 Å². The SMILES string of the molecule is O=C(CCn1cnc2sc3c(c2c1=O)CCCC3)Nc1ccc(Br)cn1. The maximum Gasteiger partial charge on any atom is 0.262 e. The van der Waals surface area contributed by atoms with E-state index in [1.54, 1.807) is 34.5 Å². The average Bonchev–Trinajstić information content (AvgIpc) is 3.02. The number of carbonyl (C=O) groups is 1. The summed E-state index contributed by atoms with van der Waals surface area (Å²) in [6.45, 7) is 0.300. The number of nitrogens with one attached hydrogen (secondary N) is 1. The molecule has 0 atom stereocenters. The minimum absolute atomic E-state index is 0.0380. The third kappa shape index (κ3) is 3.43. The Morgan fingerprint density at radius 1 is 1.27 bits per heavy atom. The van der Waals surface area contributed by atoms with Crippen molar-refractivity contribution in [2.24, 2.45) is 0 Å². The lowest BCUT2D eigenvalue weighted by molar-refractivity contribution is -0.116. The number of amides is 1. The minimum Gasteiger partial charge on any atom is -0.311 e. The second-order valence-electron chi connectivity index (χ2n) is 6.29. The number of halogens is 1. The topological polar surface area (TPSA) is 76.9 Å². The van der Waals surface area contributed by atoms with Crippen molar-refractivity contribution in [1.29, 1.82) is 0 Å². The molecule has 3 aromatic heterocycles. The van der Waals surface area contributed by atoms with E-state index in [4.69, 9.17) is 0 Å². The normalized spacial score (nSPS) is 13.6. The molecule has 1 amide bonds. The lowest BCUT2D eigenvalue weighted by Gasteiger charge is -2.10. The lowest BCUT2D eigenvalue weighted by atomic mass is 9.97. The molecule has 134 valence electrons. The molecule has 26 heavy (non-hydrogen) atoms. The van der Waals surface area contributed by atoms with Gasteiger partial charge >= 0.3 is 0 Å². The first kappa shape index (κ1) is 17.4. The standard InChI is InChI=1S/C18H17BrN4O2S/c19-11-5-6-14(20-9-11)22-15(24)7-8-23-10-21-17-16(18(23)25)12-3-1-2-4-13(12)26-17/h5-6,9-10H,1-4,7-8H2,(H,20,22,24). The number of pyridine rings is 1. The van der Waals surface area contributed by atoms with Gasteiger partial charge in [0.15, 0.2) is 0 Å². The molecule has 0 saturated carbocycles. The molecule has 6 nitrogen and oxygen atoms in total. The van der Waals surface area contributed by atoms with Gasteiger partial charge in [-0.25, -0.2) is 9.97 Å². The fraction of sp³-hybridized carbons (Fsp3) is 0.333. The van der Waals surface area contributed by atoms with Gasteiger partial charge in [0, 0.05) is 28.5 Å².